The van der Waals surface area contributed by atoms with Crippen LogP contribution in [0.25, 0.3) is 0 Å². The zero-order valence-electron chi connectivity index (χ0n) is 9.26. The van der Waals surface area contributed by atoms with Crippen LogP contribution in [0.2, 0.25) is 0 Å². The number of carbonyl (C=O) groups excluding carboxylic acids is 1. The van der Waals surface area contributed by atoms with Crippen LogP contribution >= 0.6 is 0 Å². The van der Waals surface area contributed by atoms with E-state index in [0.717, 1.165) is 6.07 Å². The molecule has 0 radical (unpaired) electrons. The van der Waals surface area contributed by atoms with Crippen molar-refractivity contribution in [1.29, 1.82) is 0 Å². The van der Waals surface area contributed by atoms with Gasteiger partial charge in [0.2, 0.25) is 0 Å². The van der Waals surface area contributed by atoms with Gasteiger partial charge in [0.15, 0.2) is 0 Å². The minimum Gasteiger partial charge on any atom is -0.462 e. The minimum absolute atomic E-state index is 0.0864. The van der Waals surface area contributed by atoms with Crippen LogP contribution in [0, 0.1) is 6.92 Å². The number of pyridine rings is 1. The molecular weight excluding hydrogens is 237 g/mol. The van der Waals surface area contributed by atoms with Crippen molar-refractivity contribution in [2.24, 2.45) is 0 Å². The molecule has 0 bridgehead atoms. The topological polar surface area (TPSA) is 65.2 Å². The molecule has 0 aromatic carbocycles. The van der Waals surface area contributed by atoms with Gasteiger partial charge >= 0.3 is 12.1 Å². The molecule has 1 aromatic heterocycles. The molecule has 1 rings (SSSR count). The van der Waals surface area contributed by atoms with E-state index in [2.05, 4.69) is 9.72 Å². The van der Waals surface area contributed by atoms with Crippen LogP contribution in [0.4, 0.5) is 19.0 Å². The maximum atomic E-state index is 12.4. The first-order valence-corrected chi connectivity index (χ1v) is 4.78. The molecule has 2 N–H and O–H groups in total. The van der Waals surface area contributed by atoms with Crippen LogP contribution in [-0.2, 0) is 10.9 Å². The third-order valence-electron chi connectivity index (χ3n) is 2.01. The molecule has 1 aromatic rings. The lowest BCUT2D eigenvalue weighted by atomic mass is 10.1. The molecule has 0 aliphatic carbocycles. The molecule has 1 heterocycles. The van der Waals surface area contributed by atoms with Crippen molar-refractivity contribution < 1.29 is 22.7 Å². The summed E-state index contributed by atoms with van der Waals surface area (Å²) in [5.41, 5.74) is 4.17. The van der Waals surface area contributed by atoms with E-state index in [1.165, 1.54) is 6.92 Å². The Kier molecular flexibility index (Phi) is 3.59. The maximum absolute atomic E-state index is 12.4. The number of aromatic nitrogens is 1. The van der Waals surface area contributed by atoms with Gasteiger partial charge in [-0.05, 0) is 25.5 Å². The third-order valence-corrected chi connectivity index (χ3v) is 2.01. The van der Waals surface area contributed by atoms with Crippen LogP contribution in [0.5, 0.6) is 0 Å². The summed E-state index contributed by atoms with van der Waals surface area (Å²) < 4.78 is 41.9. The molecule has 0 spiro atoms. The zero-order chi connectivity index (χ0) is 13.2. The van der Waals surface area contributed by atoms with E-state index in [1.807, 2.05) is 0 Å². The van der Waals surface area contributed by atoms with Gasteiger partial charge in [0.25, 0.3) is 0 Å². The van der Waals surface area contributed by atoms with E-state index in [0.29, 0.717) is 0 Å². The van der Waals surface area contributed by atoms with Gasteiger partial charge in [0.1, 0.15) is 17.1 Å². The fourth-order valence-electron chi connectivity index (χ4n) is 1.31. The molecule has 7 heteroatoms. The van der Waals surface area contributed by atoms with Crippen molar-refractivity contribution in [3.05, 3.63) is 22.9 Å². The predicted molar refractivity (Wildman–Crippen MR) is 54.3 cm³/mol. The first-order chi connectivity index (χ1) is 7.77. The average molecular weight is 248 g/mol. The summed E-state index contributed by atoms with van der Waals surface area (Å²) in [6.07, 6.45) is -4.59. The van der Waals surface area contributed by atoms with E-state index in [4.69, 9.17) is 5.73 Å². The largest absolute Gasteiger partial charge is 0.462 e. The second kappa shape index (κ2) is 4.60. The number of aryl methyl sites for hydroxylation is 1. The van der Waals surface area contributed by atoms with Crippen LogP contribution in [0.1, 0.15) is 28.5 Å². The smallest absolute Gasteiger partial charge is 0.433 e. The van der Waals surface area contributed by atoms with Gasteiger partial charge in [-0.1, -0.05) is 0 Å². The van der Waals surface area contributed by atoms with E-state index >= 15 is 0 Å². The Hall–Kier alpha value is -1.79. The number of hydrogen-bond donors (Lipinski definition) is 1. The van der Waals surface area contributed by atoms with Crippen molar-refractivity contribution in [2.75, 3.05) is 12.3 Å². The van der Waals surface area contributed by atoms with Gasteiger partial charge in [0.05, 0.1) is 6.61 Å². The first kappa shape index (κ1) is 13.3. The summed E-state index contributed by atoms with van der Waals surface area (Å²) in [4.78, 5) is 14.6. The Bertz CT molecular complexity index is 421. The number of halogens is 3. The number of carbonyl (C=O) groups is 1. The molecule has 0 atom stereocenters. The SMILES string of the molecule is CCOC(=O)c1c(C)cc(C(F)(F)F)nc1N. The second-order valence-electron chi connectivity index (χ2n) is 3.30. The summed E-state index contributed by atoms with van der Waals surface area (Å²) >= 11 is 0. The van der Waals surface area contributed by atoms with Crippen molar-refractivity contribution >= 4 is 11.8 Å². The summed E-state index contributed by atoms with van der Waals surface area (Å²) in [6.45, 7) is 3.04. The highest BCUT2D eigenvalue weighted by Crippen LogP contribution is 2.30. The number of hydrogen-bond acceptors (Lipinski definition) is 4. The number of rotatable bonds is 2. The Labute approximate surface area is 95.6 Å². The molecule has 4 nitrogen and oxygen atoms in total. The van der Waals surface area contributed by atoms with Gasteiger partial charge in [-0.3, -0.25) is 0 Å². The summed E-state index contributed by atoms with van der Waals surface area (Å²) in [7, 11) is 0. The van der Waals surface area contributed by atoms with Crippen LogP contribution < -0.4 is 5.73 Å². The Balaban J connectivity index is 3.25. The number of ether oxygens (including phenoxy) is 1. The highest BCUT2D eigenvalue weighted by atomic mass is 19.4. The minimum atomic E-state index is -4.59. The van der Waals surface area contributed by atoms with E-state index in [9.17, 15) is 18.0 Å². The van der Waals surface area contributed by atoms with Gasteiger partial charge in [-0.25, -0.2) is 9.78 Å². The Morgan fingerprint density at radius 2 is 2.12 bits per heavy atom. The molecule has 0 amide bonds. The lowest BCUT2D eigenvalue weighted by molar-refractivity contribution is -0.141. The van der Waals surface area contributed by atoms with Crippen molar-refractivity contribution in [3.8, 4) is 0 Å². The fourth-order valence-corrected chi connectivity index (χ4v) is 1.31. The van der Waals surface area contributed by atoms with Crippen LogP contribution in [-0.4, -0.2) is 17.6 Å². The maximum Gasteiger partial charge on any atom is 0.433 e. The molecule has 94 valence electrons. The second-order valence-corrected chi connectivity index (χ2v) is 3.30. The number of nitrogens with zero attached hydrogens (tertiary/aromatic N) is 1. The molecule has 0 unspecified atom stereocenters. The average Bonchev–Trinajstić information content (AvgIpc) is 2.15. The number of esters is 1. The molecular formula is C10H11F3N2O2. The summed E-state index contributed by atoms with van der Waals surface area (Å²) in [6, 6.07) is 0.766. The summed E-state index contributed by atoms with van der Waals surface area (Å²) in [5, 5.41) is 0. The predicted octanol–water partition coefficient (Wildman–Crippen LogP) is 2.17. The number of nitrogens with two attached hydrogens (primary N) is 1. The lowest BCUT2D eigenvalue weighted by Gasteiger charge is -2.12. The highest BCUT2D eigenvalue weighted by molar-refractivity contribution is 5.95. The fraction of sp³-hybridized carbons (Fsp3) is 0.400. The van der Waals surface area contributed by atoms with Crippen molar-refractivity contribution in [2.45, 2.75) is 20.0 Å². The number of nitrogen functional groups attached to an aromatic ring is 1. The highest BCUT2D eigenvalue weighted by Gasteiger charge is 2.34. The van der Waals surface area contributed by atoms with E-state index in [-0.39, 0.29) is 17.7 Å². The first-order valence-electron chi connectivity index (χ1n) is 4.78. The van der Waals surface area contributed by atoms with Gasteiger partial charge in [-0.15, -0.1) is 0 Å². The van der Waals surface area contributed by atoms with Crippen LogP contribution in [0.15, 0.2) is 6.07 Å². The molecule has 0 fully saturated rings. The number of alkyl halides is 3. The standard InChI is InChI=1S/C10H11F3N2O2/c1-3-17-9(16)7-5(2)4-6(10(11,12)13)15-8(7)14/h4H,3H2,1-2H3,(H2,14,15). The molecule has 0 saturated heterocycles. The van der Waals surface area contributed by atoms with E-state index in [1.54, 1.807) is 6.92 Å². The van der Waals surface area contributed by atoms with Gasteiger partial charge < -0.3 is 10.5 Å². The van der Waals surface area contributed by atoms with Gasteiger partial charge in [0, 0.05) is 0 Å². The molecule has 0 aliphatic heterocycles. The molecule has 0 aliphatic rings. The van der Waals surface area contributed by atoms with Crippen LogP contribution in [0.3, 0.4) is 0 Å². The quantitative estimate of drug-likeness (QED) is 0.814. The monoisotopic (exact) mass is 248 g/mol. The van der Waals surface area contributed by atoms with E-state index < -0.39 is 23.7 Å². The van der Waals surface area contributed by atoms with Crippen molar-refractivity contribution in [1.82, 2.24) is 4.98 Å². The zero-order valence-corrected chi connectivity index (χ0v) is 9.26. The summed E-state index contributed by atoms with van der Waals surface area (Å²) in [5.74, 6) is -1.25. The molecule has 17 heavy (non-hydrogen) atoms. The van der Waals surface area contributed by atoms with Crippen molar-refractivity contribution in [3.63, 3.8) is 0 Å². The Morgan fingerprint density at radius 1 is 1.53 bits per heavy atom. The Morgan fingerprint density at radius 3 is 2.53 bits per heavy atom. The number of anilines is 1. The lowest BCUT2D eigenvalue weighted by Crippen LogP contribution is -2.16. The van der Waals surface area contributed by atoms with Gasteiger partial charge in [-0.2, -0.15) is 13.2 Å². The third kappa shape index (κ3) is 2.86. The normalized spacial score (nSPS) is 11.4. The molecule has 0 saturated carbocycles.